The molecule has 0 unspecified atom stereocenters. The van der Waals surface area contributed by atoms with E-state index >= 15 is 0 Å². The Morgan fingerprint density at radius 2 is 1.89 bits per heavy atom. The van der Waals surface area contributed by atoms with Crippen molar-refractivity contribution in [2.24, 2.45) is 0 Å². The summed E-state index contributed by atoms with van der Waals surface area (Å²) < 4.78 is 1.73. The fraction of sp³-hybridized carbons (Fsp3) is 0.222. The van der Waals surface area contributed by atoms with Crippen molar-refractivity contribution in [3.05, 3.63) is 47.6 Å². The molecular weight excluding hydrogens is 411 g/mol. The molecular formula is C18H18ClKN4O4. The zero-order valence-electron chi connectivity index (χ0n) is 15.3. The number of amides is 1. The second-order valence-electron chi connectivity index (χ2n) is 5.70. The van der Waals surface area contributed by atoms with Gasteiger partial charge in [-0.25, -0.2) is 9.97 Å². The number of nitrogens with one attached hydrogen (secondary N) is 1. The van der Waals surface area contributed by atoms with Crippen molar-refractivity contribution in [1.82, 2.24) is 19.9 Å². The number of halogens is 1. The van der Waals surface area contributed by atoms with Crippen LogP contribution >= 0.6 is 11.6 Å². The van der Waals surface area contributed by atoms with Crippen LogP contribution in [-0.2, 0) is 16.1 Å². The van der Waals surface area contributed by atoms with Gasteiger partial charge in [0.25, 0.3) is 0 Å². The third-order valence-corrected chi connectivity index (χ3v) is 4.04. The predicted octanol–water partition coefficient (Wildman–Crippen LogP) is -2.42. The van der Waals surface area contributed by atoms with E-state index in [9.17, 15) is 14.7 Å². The number of hydrogen-bond donors (Lipinski definition) is 1. The first-order valence-corrected chi connectivity index (χ1v) is 8.46. The summed E-state index contributed by atoms with van der Waals surface area (Å²) in [5.41, 5.74) is 2.10. The summed E-state index contributed by atoms with van der Waals surface area (Å²) in [7, 11) is 0. The van der Waals surface area contributed by atoms with E-state index in [-0.39, 0.29) is 82.3 Å². The number of aromatic nitrogens is 3. The first-order chi connectivity index (χ1) is 12.5. The van der Waals surface area contributed by atoms with Gasteiger partial charge in [0.05, 0.1) is 0 Å². The number of carbonyl (C=O) groups excluding carboxylic acids is 2. The topological polar surface area (TPSA) is 131 Å². The number of rotatable bonds is 7. The number of benzene rings is 1. The first-order valence-electron chi connectivity index (χ1n) is 8.08. The Balaban J connectivity index is 0.00000196. The van der Waals surface area contributed by atoms with Crippen molar-refractivity contribution < 1.29 is 71.6 Å². The molecule has 2 heterocycles. The number of nitrogens with zero attached hydrogens (tertiary/aromatic N) is 3. The summed E-state index contributed by atoms with van der Waals surface area (Å²) in [6, 6.07) is 10.8. The van der Waals surface area contributed by atoms with Crippen molar-refractivity contribution in [2.75, 3.05) is 6.54 Å². The van der Waals surface area contributed by atoms with Gasteiger partial charge in [0.1, 0.15) is 17.9 Å². The second-order valence-corrected chi connectivity index (χ2v) is 6.14. The molecule has 0 aliphatic rings. The Labute approximate surface area is 209 Å². The smallest absolute Gasteiger partial charge is 0.550 e. The summed E-state index contributed by atoms with van der Waals surface area (Å²) in [5.74, 6) is -0.766. The number of carboxylic acid groups (broad SMARTS) is 1. The standard InChI is InChI=1S/C18H17ClN4O3.K.H2O/c19-13-7-5-12(6-8-13)17-22-14-3-1-10-21-18(14)23(17)11-15(24)20-9-2-4-16(25)26;;/h1,3,5-8,10H,2,4,9,11H2,(H,20,24)(H,25,26);;1H2/q;+1;/p-1. The van der Waals surface area contributed by atoms with Crippen molar-refractivity contribution in [2.45, 2.75) is 19.4 Å². The van der Waals surface area contributed by atoms with E-state index in [1.54, 1.807) is 29.0 Å². The van der Waals surface area contributed by atoms with Gasteiger partial charge in [0.2, 0.25) is 5.91 Å². The molecule has 0 atom stereocenters. The largest absolute Gasteiger partial charge is 1.00 e. The molecule has 8 nitrogen and oxygen atoms in total. The predicted molar refractivity (Wildman–Crippen MR) is 98.8 cm³/mol. The summed E-state index contributed by atoms with van der Waals surface area (Å²) >= 11 is 5.95. The molecule has 0 bridgehead atoms. The van der Waals surface area contributed by atoms with Crippen molar-refractivity contribution in [3.63, 3.8) is 0 Å². The quantitative estimate of drug-likeness (QED) is 0.330. The number of carbonyl (C=O) groups is 2. The van der Waals surface area contributed by atoms with Crippen molar-refractivity contribution in [1.29, 1.82) is 0 Å². The maximum absolute atomic E-state index is 12.3. The van der Waals surface area contributed by atoms with E-state index in [1.165, 1.54) is 0 Å². The molecule has 10 heteroatoms. The Hall–Kier alpha value is -1.33. The van der Waals surface area contributed by atoms with Gasteiger partial charge in [-0.05, 0) is 49.2 Å². The number of aliphatic carboxylic acids is 1. The molecule has 3 rings (SSSR count). The molecule has 0 fully saturated rings. The van der Waals surface area contributed by atoms with Gasteiger partial charge in [-0.2, -0.15) is 0 Å². The van der Waals surface area contributed by atoms with E-state index in [0.717, 1.165) is 5.56 Å². The fourth-order valence-electron chi connectivity index (χ4n) is 2.59. The Morgan fingerprint density at radius 3 is 2.57 bits per heavy atom. The molecule has 3 aromatic rings. The van der Waals surface area contributed by atoms with Crippen LogP contribution in [0.15, 0.2) is 42.6 Å². The minimum absolute atomic E-state index is 0. The van der Waals surface area contributed by atoms with Crippen LogP contribution in [0.1, 0.15) is 12.8 Å². The van der Waals surface area contributed by atoms with Crippen LogP contribution in [0.2, 0.25) is 5.02 Å². The summed E-state index contributed by atoms with van der Waals surface area (Å²) in [4.78, 5) is 31.6. The van der Waals surface area contributed by atoms with E-state index in [2.05, 4.69) is 15.3 Å². The molecule has 0 spiro atoms. The summed E-state index contributed by atoms with van der Waals surface area (Å²) in [6.45, 7) is 0.292. The van der Waals surface area contributed by atoms with Crippen molar-refractivity contribution in [3.8, 4) is 11.4 Å². The number of imidazole rings is 1. The van der Waals surface area contributed by atoms with Gasteiger partial charge in [0.15, 0.2) is 5.65 Å². The Bertz CT molecular complexity index is 946. The number of pyridine rings is 1. The monoisotopic (exact) mass is 428 g/mol. The maximum atomic E-state index is 12.3. The van der Waals surface area contributed by atoms with Crippen molar-refractivity contribution >= 4 is 34.6 Å². The third-order valence-electron chi connectivity index (χ3n) is 3.79. The normalized spacial score (nSPS) is 10.0. The van der Waals surface area contributed by atoms with E-state index < -0.39 is 5.97 Å². The average Bonchev–Trinajstić information content (AvgIpc) is 2.98. The summed E-state index contributed by atoms with van der Waals surface area (Å²) in [5, 5.41) is 13.7. The SMILES string of the molecule is O.O=C([O-])CCCNC(=O)Cn1c(-c2ccc(Cl)cc2)nc2cccnc21.[K+]. The van der Waals surface area contributed by atoms with Crippen LogP contribution in [0, 0.1) is 0 Å². The second kappa shape index (κ2) is 11.6. The molecule has 1 amide bonds. The Kier molecular flexibility index (Phi) is 10.2. The minimum Gasteiger partial charge on any atom is -0.550 e. The number of hydrogen-bond acceptors (Lipinski definition) is 5. The molecule has 0 saturated carbocycles. The van der Waals surface area contributed by atoms with Gasteiger partial charge in [-0.1, -0.05) is 11.6 Å². The van der Waals surface area contributed by atoms with Crippen LogP contribution in [0.5, 0.6) is 0 Å². The van der Waals surface area contributed by atoms with Gasteiger partial charge in [-0.3, -0.25) is 9.36 Å². The van der Waals surface area contributed by atoms with Crippen LogP contribution < -0.4 is 61.8 Å². The number of carboxylic acids is 1. The molecule has 28 heavy (non-hydrogen) atoms. The molecule has 0 radical (unpaired) electrons. The zero-order valence-corrected chi connectivity index (χ0v) is 19.2. The van der Waals surface area contributed by atoms with Gasteiger partial charge in [0, 0.05) is 29.3 Å². The first kappa shape index (κ1) is 24.7. The van der Waals surface area contributed by atoms with E-state index in [4.69, 9.17) is 11.6 Å². The maximum Gasteiger partial charge on any atom is 1.00 e. The van der Waals surface area contributed by atoms with Gasteiger partial charge in [-0.15, -0.1) is 0 Å². The molecule has 142 valence electrons. The minimum atomic E-state index is -1.13. The molecule has 3 N–H and O–H groups in total. The van der Waals surface area contributed by atoms with E-state index in [0.29, 0.717) is 28.4 Å². The van der Waals surface area contributed by atoms with Crippen LogP contribution in [-0.4, -0.2) is 38.4 Å². The van der Waals surface area contributed by atoms with Crippen LogP contribution in [0.4, 0.5) is 0 Å². The van der Waals surface area contributed by atoms with Crippen LogP contribution in [0.3, 0.4) is 0 Å². The summed E-state index contributed by atoms with van der Waals surface area (Å²) in [6.07, 6.45) is 1.87. The average molecular weight is 429 g/mol. The fourth-order valence-corrected chi connectivity index (χ4v) is 2.71. The molecule has 0 aliphatic carbocycles. The molecule has 2 aromatic heterocycles. The Morgan fingerprint density at radius 1 is 1.18 bits per heavy atom. The molecule has 0 saturated heterocycles. The number of fused-ring (bicyclic) bond motifs is 1. The van der Waals surface area contributed by atoms with Gasteiger partial charge >= 0.3 is 51.4 Å². The zero-order chi connectivity index (χ0) is 18.5. The van der Waals surface area contributed by atoms with Crippen LogP contribution in [0.25, 0.3) is 22.6 Å². The van der Waals surface area contributed by atoms with Gasteiger partial charge < -0.3 is 20.7 Å². The molecule has 1 aromatic carbocycles. The third kappa shape index (κ3) is 6.34. The molecule has 0 aliphatic heterocycles. The van der Waals surface area contributed by atoms with E-state index in [1.807, 2.05) is 18.2 Å².